The highest BCUT2D eigenvalue weighted by Gasteiger charge is 2.33. The second-order valence-electron chi connectivity index (χ2n) is 5.14. The molecule has 0 radical (unpaired) electrons. The van der Waals surface area contributed by atoms with Crippen LogP contribution in [0, 0.1) is 5.41 Å². The van der Waals surface area contributed by atoms with E-state index in [0.717, 1.165) is 19.3 Å². The van der Waals surface area contributed by atoms with Crippen LogP contribution in [0.5, 0.6) is 0 Å². The first-order valence-corrected chi connectivity index (χ1v) is 6.21. The Morgan fingerprint density at radius 1 is 1.50 bits per heavy atom. The second kappa shape index (κ2) is 6.21. The number of rotatable bonds is 6. The summed E-state index contributed by atoms with van der Waals surface area (Å²) in [6, 6.07) is -0.0858. The van der Waals surface area contributed by atoms with Gasteiger partial charge in [-0.2, -0.15) is 0 Å². The van der Waals surface area contributed by atoms with Gasteiger partial charge >= 0.3 is 0 Å². The van der Waals surface area contributed by atoms with Crippen molar-refractivity contribution in [3.63, 3.8) is 0 Å². The number of aliphatic hydroxyl groups excluding tert-OH is 1. The highest BCUT2D eigenvalue weighted by molar-refractivity contribution is 5.76. The van der Waals surface area contributed by atoms with E-state index in [9.17, 15) is 4.79 Å². The predicted molar refractivity (Wildman–Crippen MR) is 63.9 cm³/mol. The lowest BCUT2D eigenvalue weighted by atomic mass is 9.83. The number of carbonyl (C=O) groups is 1. The first kappa shape index (κ1) is 13.5. The normalized spacial score (nSPS) is 20.7. The summed E-state index contributed by atoms with van der Waals surface area (Å²) in [5, 5.41) is 12.0. The molecule has 1 saturated carbocycles. The molecule has 1 fully saturated rings. The van der Waals surface area contributed by atoms with E-state index >= 15 is 0 Å². The van der Waals surface area contributed by atoms with Crippen molar-refractivity contribution in [3.05, 3.63) is 0 Å². The van der Waals surface area contributed by atoms with E-state index < -0.39 is 0 Å². The summed E-state index contributed by atoms with van der Waals surface area (Å²) in [5.74, 6) is 0.0271. The van der Waals surface area contributed by atoms with Crippen LogP contribution in [0.4, 0.5) is 0 Å². The van der Waals surface area contributed by atoms with Crippen LogP contribution in [0.15, 0.2) is 0 Å². The maximum absolute atomic E-state index is 11.5. The van der Waals surface area contributed by atoms with Crippen LogP contribution in [-0.4, -0.2) is 30.2 Å². The van der Waals surface area contributed by atoms with Gasteiger partial charge in [0.2, 0.25) is 5.91 Å². The number of hydrogen-bond acceptors (Lipinski definition) is 3. The van der Waals surface area contributed by atoms with Crippen molar-refractivity contribution >= 4 is 5.91 Å². The molecule has 94 valence electrons. The Balaban J connectivity index is 2.35. The molecule has 0 aromatic rings. The van der Waals surface area contributed by atoms with E-state index in [-0.39, 0.29) is 24.0 Å². The van der Waals surface area contributed by atoms with Crippen molar-refractivity contribution in [1.82, 2.24) is 5.32 Å². The molecule has 1 unspecified atom stereocenters. The van der Waals surface area contributed by atoms with Gasteiger partial charge in [-0.25, -0.2) is 0 Å². The third-order valence-electron chi connectivity index (χ3n) is 3.47. The van der Waals surface area contributed by atoms with Crippen molar-refractivity contribution in [2.45, 2.75) is 51.5 Å². The lowest BCUT2D eigenvalue weighted by Crippen LogP contribution is -2.38. The SMILES string of the molecule is CC(N)CC(=O)NCC1(CCO)CCCC1. The van der Waals surface area contributed by atoms with E-state index in [1.54, 1.807) is 0 Å². The fourth-order valence-corrected chi connectivity index (χ4v) is 2.53. The molecule has 0 saturated heterocycles. The average molecular weight is 228 g/mol. The molecule has 0 spiro atoms. The Hall–Kier alpha value is -0.610. The maximum Gasteiger partial charge on any atom is 0.221 e. The molecule has 0 aromatic heterocycles. The van der Waals surface area contributed by atoms with Gasteiger partial charge in [0.25, 0.3) is 0 Å². The van der Waals surface area contributed by atoms with Crippen molar-refractivity contribution in [3.8, 4) is 0 Å². The molecule has 0 aliphatic heterocycles. The van der Waals surface area contributed by atoms with Crippen LogP contribution in [0.25, 0.3) is 0 Å². The van der Waals surface area contributed by atoms with Crippen molar-refractivity contribution in [1.29, 1.82) is 0 Å². The minimum absolute atomic E-state index is 0.0271. The summed E-state index contributed by atoms with van der Waals surface area (Å²) in [5.41, 5.74) is 5.71. The fraction of sp³-hybridized carbons (Fsp3) is 0.917. The summed E-state index contributed by atoms with van der Waals surface area (Å²) in [6.45, 7) is 2.74. The molecular formula is C12H24N2O2. The monoisotopic (exact) mass is 228 g/mol. The Kier molecular flexibility index (Phi) is 5.22. The first-order chi connectivity index (χ1) is 7.58. The molecule has 1 rings (SSSR count). The summed E-state index contributed by atoms with van der Waals surface area (Å²) >= 11 is 0. The van der Waals surface area contributed by atoms with Gasteiger partial charge in [0.1, 0.15) is 0 Å². The Labute approximate surface area is 97.6 Å². The summed E-state index contributed by atoms with van der Waals surface area (Å²) in [7, 11) is 0. The van der Waals surface area contributed by atoms with Crippen molar-refractivity contribution in [2.24, 2.45) is 11.1 Å². The molecule has 16 heavy (non-hydrogen) atoms. The lowest BCUT2D eigenvalue weighted by Gasteiger charge is -2.28. The van der Waals surface area contributed by atoms with Gasteiger partial charge in [-0.05, 0) is 31.6 Å². The number of carbonyl (C=O) groups excluding carboxylic acids is 1. The van der Waals surface area contributed by atoms with Crippen LogP contribution in [0.3, 0.4) is 0 Å². The molecule has 1 amide bonds. The lowest BCUT2D eigenvalue weighted by molar-refractivity contribution is -0.121. The van der Waals surface area contributed by atoms with Crippen molar-refractivity contribution in [2.75, 3.05) is 13.2 Å². The summed E-state index contributed by atoms with van der Waals surface area (Å²) in [6.07, 6.45) is 5.84. The zero-order chi connectivity index (χ0) is 12.0. The molecular weight excluding hydrogens is 204 g/mol. The molecule has 4 N–H and O–H groups in total. The second-order valence-corrected chi connectivity index (χ2v) is 5.14. The van der Waals surface area contributed by atoms with E-state index in [1.807, 2.05) is 6.92 Å². The van der Waals surface area contributed by atoms with E-state index in [0.29, 0.717) is 13.0 Å². The Bertz CT molecular complexity index is 223. The van der Waals surface area contributed by atoms with Crippen LogP contribution in [0.1, 0.15) is 45.4 Å². The van der Waals surface area contributed by atoms with Gasteiger partial charge in [0, 0.05) is 25.6 Å². The molecule has 1 atom stereocenters. The predicted octanol–water partition coefficient (Wildman–Crippen LogP) is 0.783. The molecule has 0 bridgehead atoms. The van der Waals surface area contributed by atoms with Gasteiger partial charge in [-0.1, -0.05) is 12.8 Å². The molecule has 0 heterocycles. The molecule has 4 nitrogen and oxygen atoms in total. The quantitative estimate of drug-likeness (QED) is 0.629. The zero-order valence-electron chi connectivity index (χ0n) is 10.2. The number of nitrogens with two attached hydrogens (primary N) is 1. The van der Waals surface area contributed by atoms with Gasteiger partial charge < -0.3 is 16.2 Å². The average Bonchev–Trinajstić information content (AvgIpc) is 2.64. The molecule has 1 aliphatic carbocycles. The summed E-state index contributed by atoms with van der Waals surface area (Å²) in [4.78, 5) is 11.5. The minimum atomic E-state index is -0.0858. The summed E-state index contributed by atoms with van der Waals surface area (Å²) < 4.78 is 0. The van der Waals surface area contributed by atoms with Gasteiger partial charge in [-0.3, -0.25) is 4.79 Å². The largest absolute Gasteiger partial charge is 0.396 e. The van der Waals surface area contributed by atoms with E-state index in [1.165, 1.54) is 12.8 Å². The third-order valence-corrected chi connectivity index (χ3v) is 3.47. The Morgan fingerprint density at radius 2 is 2.12 bits per heavy atom. The van der Waals surface area contributed by atoms with Crippen molar-refractivity contribution < 1.29 is 9.90 Å². The van der Waals surface area contributed by atoms with Gasteiger partial charge in [0.15, 0.2) is 0 Å². The molecule has 0 aromatic carbocycles. The van der Waals surface area contributed by atoms with Crippen LogP contribution < -0.4 is 11.1 Å². The van der Waals surface area contributed by atoms with Crippen LogP contribution in [-0.2, 0) is 4.79 Å². The molecule has 4 heteroatoms. The van der Waals surface area contributed by atoms with Crippen LogP contribution >= 0.6 is 0 Å². The topological polar surface area (TPSA) is 75.4 Å². The zero-order valence-corrected chi connectivity index (χ0v) is 10.2. The highest BCUT2D eigenvalue weighted by Crippen LogP contribution is 2.40. The standard InChI is InChI=1S/C12H24N2O2/c1-10(13)8-11(16)14-9-12(6-7-15)4-2-3-5-12/h10,15H,2-9,13H2,1H3,(H,14,16). The fourth-order valence-electron chi connectivity index (χ4n) is 2.53. The number of amides is 1. The van der Waals surface area contributed by atoms with E-state index in [2.05, 4.69) is 5.32 Å². The van der Waals surface area contributed by atoms with Gasteiger partial charge in [-0.15, -0.1) is 0 Å². The first-order valence-electron chi connectivity index (χ1n) is 6.21. The number of nitrogens with one attached hydrogen (secondary N) is 1. The minimum Gasteiger partial charge on any atom is -0.396 e. The smallest absolute Gasteiger partial charge is 0.221 e. The van der Waals surface area contributed by atoms with E-state index in [4.69, 9.17) is 10.8 Å². The Morgan fingerprint density at radius 3 is 2.62 bits per heavy atom. The molecule has 1 aliphatic rings. The highest BCUT2D eigenvalue weighted by atomic mass is 16.3. The number of aliphatic hydroxyl groups is 1. The van der Waals surface area contributed by atoms with Gasteiger partial charge in [0.05, 0.1) is 0 Å². The number of hydrogen-bond donors (Lipinski definition) is 3. The van der Waals surface area contributed by atoms with Crippen LogP contribution in [0.2, 0.25) is 0 Å². The third kappa shape index (κ3) is 4.10. The maximum atomic E-state index is 11.5.